The lowest BCUT2D eigenvalue weighted by Gasteiger charge is -2.40. The van der Waals surface area contributed by atoms with Crippen LogP contribution in [0, 0.1) is 0 Å². The highest BCUT2D eigenvalue weighted by Gasteiger charge is 2.44. The van der Waals surface area contributed by atoms with Crippen molar-refractivity contribution in [2.24, 2.45) is 0 Å². The first kappa shape index (κ1) is 21.2. The number of benzene rings is 2. The van der Waals surface area contributed by atoms with Gasteiger partial charge in [-0.2, -0.15) is 0 Å². The number of nitrogens with zero attached hydrogens (tertiary/aromatic N) is 1. The summed E-state index contributed by atoms with van der Waals surface area (Å²) in [6.45, 7) is 2.13. The predicted octanol–water partition coefficient (Wildman–Crippen LogP) is 0.768. The maximum Gasteiger partial charge on any atom is 0.118 e. The van der Waals surface area contributed by atoms with Crippen LogP contribution in [-0.4, -0.2) is 70.0 Å². The summed E-state index contributed by atoms with van der Waals surface area (Å²) >= 11 is 0. The van der Waals surface area contributed by atoms with Crippen molar-refractivity contribution in [2.75, 3.05) is 20.3 Å². The monoisotopic (exact) mass is 415 g/mol. The minimum absolute atomic E-state index is 0.429. The fraction of sp³-hybridized carbons (Fsp3) is 0.478. The molecule has 30 heavy (non-hydrogen) atoms. The third-order valence-corrected chi connectivity index (χ3v) is 6.11. The average molecular weight is 415 g/mol. The first-order valence-corrected chi connectivity index (χ1v) is 10.3. The van der Waals surface area contributed by atoms with E-state index in [9.17, 15) is 20.4 Å². The van der Waals surface area contributed by atoms with Crippen LogP contribution < -0.4 is 4.74 Å². The zero-order chi connectivity index (χ0) is 21.3. The molecule has 0 saturated carbocycles. The molecule has 7 nitrogen and oxygen atoms in total. The maximum absolute atomic E-state index is 10.4. The highest BCUT2D eigenvalue weighted by atomic mass is 16.5. The fourth-order valence-electron chi connectivity index (χ4n) is 4.31. The summed E-state index contributed by atoms with van der Waals surface area (Å²) < 4.78 is 10.9. The Morgan fingerprint density at radius 3 is 2.47 bits per heavy atom. The average Bonchev–Trinajstić information content (AvgIpc) is 2.78. The molecule has 2 aliphatic heterocycles. The van der Waals surface area contributed by atoms with Crippen molar-refractivity contribution in [3.05, 3.63) is 64.7 Å². The van der Waals surface area contributed by atoms with Gasteiger partial charge < -0.3 is 29.9 Å². The maximum atomic E-state index is 10.4. The lowest BCUT2D eigenvalue weighted by molar-refractivity contribution is -0.231. The van der Waals surface area contributed by atoms with E-state index in [2.05, 4.69) is 17.0 Å². The molecule has 1 fully saturated rings. The molecule has 0 amide bonds. The van der Waals surface area contributed by atoms with Gasteiger partial charge in [-0.1, -0.05) is 30.3 Å². The van der Waals surface area contributed by atoms with Gasteiger partial charge in [-0.25, -0.2) is 0 Å². The van der Waals surface area contributed by atoms with Gasteiger partial charge in [-0.3, -0.25) is 4.90 Å². The SMILES string of the molecule is COc1ccc(CN2CCc3ccc([C@@H]4O[C@H](CO)[C@@H](O)[C@H](O)[C@H]4O)cc3C2)cc1. The topological polar surface area (TPSA) is 103 Å². The first-order valence-electron chi connectivity index (χ1n) is 10.3. The van der Waals surface area contributed by atoms with Crippen molar-refractivity contribution in [3.63, 3.8) is 0 Å². The van der Waals surface area contributed by atoms with Gasteiger partial charge in [-0.05, 0) is 40.8 Å². The van der Waals surface area contributed by atoms with Crippen LogP contribution in [0.5, 0.6) is 5.75 Å². The van der Waals surface area contributed by atoms with E-state index in [4.69, 9.17) is 9.47 Å². The van der Waals surface area contributed by atoms with Crippen LogP contribution in [0.1, 0.15) is 28.4 Å². The van der Waals surface area contributed by atoms with Crippen molar-refractivity contribution in [2.45, 2.75) is 50.0 Å². The quantitative estimate of drug-likeness (QED) is 0.572. The number of hydrogen-bond acceptors (Lipinski definition) is 7. The number of aliphatic hydroxyl groups is 4. The number of aliphatic hydroxyl groups excluding tert-OH is 4. The van der Waals surface area contributed by atoms with Gasteiger partial charge in [0, 0.05) is 19.6 Å². The Labute approximate surface area is 176 Å². The molecule has 1 saturated heterocycles. The Kier molecular flexibility index (Phi) is 6.38. The molecule has 2 aromatic carbocycles. The Bertz CT molecular complexity index is 855. The van der Waals surface area contributed by atoms with Gasteiger partial charge in [0.1, 0.15) is 36.3 Å². The Balaban J connectivity index is 1.50. The van der Waals surface area contributed by atoms with Gasteiger partial charge in [0.25, 0.3) is 0 Å². The van der Waals surface area contributed by atoms with Crippen molar-refractivity contribution in [1.29, 1.82) is 0 Å². The third kappa shape index (κ3) is 4.23. The largest absolute Gasteiger partial charge is 0.497 e. The number of methoxy groups -OCH3 is 1. The van der Waals surface area contributed by atoms with E-state index in [-0.39, 0.29) is 0 Å². The number of rotatable bonds is 5. The van der Waals surface area contributed by atoms with E-state index in [0.29, 0.717) is 0 Å². The summed E-state index contributed by atoms with van der Waals surface area (Å²) in [7, 11) is 1.66. The molecule has 0 radical (unpaired) electrons. The smallest absolute Gasteiger partial charge is 0.118 e. The molecule has 5 atom stereocenters. The second kappa shape index (κ2) is 9.01. The Hall–Kier alpha value is -2.00. The van der Waals surface area contributed by atoms with Crippen LogP contribution in [0.15, 0.2) is 42.5 Å². The molecule has 7 heteroatoms. The second-order valence-electron chi connectivity index (χ2n) is 8.09. The molecule has 0 bridgehead atoms. The molecule has 2 aromatic rings. The standard InChI is InChI=1S/C23H29NO6/c1-29-18-6-2-14(3-7-18)11-24-9-8-15-4-5-16(10-17(15)12-24)23-22(28)21(27)20(26)19(13-25)30-23/h2-7,10,19-23,25-28H,8-9,11-13H2,1H3/t19-,20-,21+,22-,23+/m1/s1. The highest BCUT2D eigenvalue weighted by Crippen LogP contribution is 2.34. The lowest BCUT2D eigenvalue weighted by Crippen LogP contribution is -2.55. The summed E-state index contributed by atoms with van der Waals surface area (Å²) in [6.07, 6.45) is -4.76. The van der Waals surface area contributed by atoms with Gasteiger partial charge in [0.15, 0.2) is 0 Å². The van der Waals surface area contributed by atoms with Crippen LogP contribution in [-0.2, 0) is 24.2 Å². The van der Waals surface area contributed by atoms with Gasteiger partial charge in [-0.15, -0.1) is 0 Å². The molecular weight excluding hydrogens is 386 g/mol. The molecule has 4 rings (SSSR count). The van der Waals surface area contributed by atoms with Crippen LogP contribution in [0.25, 0.3) is 0 Å². The molecule has 0 spiro atoms. The summed E-state index contributed by atoms with van der Waals surface area (Å²) in [5.74, 6) is 0.840. The molecule has 0 unspecified atom stereocenters. The van der Waals surface area contributed by atoms with Crippen molar-refractivity contribution in [3.8, 4) is 5.75 Å². The second-order valence-corrected chi connectivity index (χ2v) is 8.09. The van der Waals surface area contributed by atoms with Crippen LogP contribution in [0.2, 0.25) is 0 Å². The lowest BCUT2D eigenvalue weighted by atomic mass is 9.88. The normalized spacial score (nSPS) is 29.4. The third-order valence-electron chi connectivity index (χ3n) is 6.11. The van der Waals surface area contributed by atoms with Crippen molar-refractivity contribution in [1.82, 2.24) is 4.90 Å². The van der Waals surface area contributed by atoms with Gasteiger partial charge in [0.05, 0.1) is 13.7 Å². The minimum atomic E-state index is -1.37. The molecule has 4 N–H and O–H groups in total. The van der Waals surface area contributed by atoms with Crippen molar-refractivity contribution >= 4 is 0 Å². The van der Waals surface area contributed by atoms with E-state index < -0.39 is 37.1 Å². The summed E-state index contributed by atoms with van der Waals surface area (Å²) in [5, 5.41) is 40.0. The number of hydrogen-bond donors (Lipinski definition) is 4. The first-order chi connectivity index (χ1) is 14.5. The number of fused-ring (bicyclic) bond motifs is 1. The zero-order valence-electron chi connectivity index (χ0n) is 17.0. The van der Waals surface area contributed by atoms with E-state index in [1.54, 1.807) is 7.11 Å². The summed E-state index contributed by atoms with van der Waals surface area (Å²) in [5.41, 5.74) is 4.36. The molecule has 2 aliphatic rings. The van der Waals surface area contributed by atoms with Crippen molar-refractivity contribution < 1.29 is 29.9 Å². The van der Waals surface area contributed by atoms with E-state index in [1.165, 1.54) is 11.1 Å². The van der Waals surface area contributed by atoms with E-state index in [0.717, 1.165) is 42.9 Å². The molecule has 162 valence electrons. The Morgan fingerprint density at radius 2 is 1.77 bits per heavy atom. The molecule has 2 heterocycles. The van der Waals surface area contributed by atoms with Crippen LogP contribution in [0.3, 0.4) is 0 Å². The van der Waals surface area contributed by atoms with E-state index >= 15 is 0 Å². The predicted molar refractivity (Wildman–Crippen MR) is 110 cm³/mol. The van der Waals surface area contributed by atoms with Crippen LogP contribution in [0.4, 0.5) is 0 Å². The molecular formula is C23H29NO6. The minimum Gasteiger partial charge on any atom is -0.497 e. The van der Waals surface area contributed by atoms with Gasteiger partial charge in [0.2, 0.25) is 0 Å². The summed E-state index contributed by atoms with van der Waals surface area (Å²) in [6, 6.07) is 14.0. The molecule has 0 aliphatic carbocycles. The zero-order valence-corrected chi connectivity index (χ0v) is 17.0. The molecule has 0 aromatic heterocycles. The van der Waals surface area contributed by atoms with Gasteiger partial charge >= 0.3 is 0 Å². The van der Waals surface area contributed by atoms with E-state index in [1.807, 2.05) is 30.3 Å². The Morgan fingerprint density at radius 1 is 1.00 bits per heavy atom. The summed E-state index contributed by atoms with van der Waals surface area (Å²) in [4.78, 5) is 2.36. The number of ether oxygens (including phenoxy) is 2. The highest BCUT2D eigenvalue weighted by molar-refractivity contribution is 5.36. The van der Waals surface area contributed by atoms with Crippen LogP contribution >= 0.6 is 0 Å². The fourth-order valence-corrected chi connectivity index (χ4v) is 4.31.